The molecule has 3 heteroatoms. The number of hydrogen-bond acceptors (Lipinski definition) is 2. The Balaban J connectivity index is 2.60. The minimum Gasteiger partial charge on any atom is -0.400 e. The molecule has 1 fully saturated rings. The Labute approximate surface area is 85.7 Å². The maximum atomic E-state index is 10.4. The fourth-order valence-corrected chi connectivity index (χ4v) is 1.73. The Hall–Kier alpha value is -0.990. The van der Waals surface area contributed by atoms with Gasteiger partial charge in [0.05, 0.1) is 6.04 Å². The zero-order valence-corrected chi connectivity index (χ0v) is 9.05. The summed E-state index contributed by atoms with van der Waals surface area (Å²) < 4.78 is 0. The summed E-state index contributed by atoms with van der Waals surface area (Å²) in [4.78, 5) is 10.4. The molecule has 0 radical (unpaired) electrons. The second kappa shape index (κ2) is 5.03. The van der Waals surface area contributed by atoms with E-state index in [0.29, 0.717) is 5.92 Å². The summed E-state index contributed by atoms with van der Waals surface area (Å²) in [6, 6.07) is 0.0443. The average Bonchev–Trinajstić information content (AvgIpc) is 1.99. The predicted molar refractivity (Wildman–Crippen MR) is 57.5 cm³/mol. The Kier molecular flexibility index (Phi) is 3.98. The normalized spacial score (nSPS) is 17.5. The van der Waals surface area contributed by atoms with Crippen molar-refractivity contribution in [3.05, 3.63) is 11.3 Å². The van der Waals surface area contributed by atoms with E-state index in [1.165, 1.54) is 12.0 Å². The van der Waals surface area contributed by atoms with E-state index in [-0.39, 0.29) is 6.04 Å². The molecule has 0 aromatic heterocycles. The van der Waals surface area contributed by atoms with Crippen LogP contribution in [0.2, 0.25) is 0 Å². The van der Waals surface area contributed by atoms with Gasteiger partial charge in [-0.15, -0.1) is 0 Å². The number of allylic oxidation sites excluding steroid dienone is 1. The minimum absolute atomic E-state index is 0.0443. The molecule has 0 spiro atoms. The molecule has 0 heterocycles. The van der Waals surface area contributed by atoms with Crippen molar-refractivity contribution in [2.45, 2.75) is 45.6 Å². The molecule has 1 atom stereocenters. The molecular formula is C11H20N2O. The van der Waals surface area contributed by atoms with Crippen LogP contribution in [0.15, 0.2) is 11.3 Å². The highest BCUT2D eigenvalue weighted by atomic mass is 16.1. The van der Waals surface area contributed by atoms with Crippen LogP contribution < -0.4 is 11.1 Å². The summed E-state index contributed by atoms with van der Waals surface area (Å²) in [5, 5.41) is 2.80. The fourth-order valence-electron chi connectivity index (χ4n) is 1.73. The van der Waals surface area contributed by atoms with Gasteiger partial charge in [0.15, 0.2) is 0 Å². The fraction of sp³-hybridized carbons (Fsp3) is 0.727. The third kappa shape index (κ3) is 2.76. The number of nitrogens with two attached hydrogens (primary N) is 1. The van der Waals surface area contributed by atoms with Gasteiger partial charge >= 0.3 is 0 Å². The van der Waals surface area contributed by atoms with E-state index >= 15 is 0 Å². The molecule has 14 heavy (non-hydrogen) atoms. The largest absolute Gasteiger partial charge is 0.400 e. The van der Waals surface area contributed by atoms with Crippen LogP contribution in [-0.2, 0) is 4.79 Å². The number of carbonyl (C=O) groups excluding carboxylic acids is 1. The first-order chi connectivity index (χ1) is 6.65. The number of hydrogen-bond donors (Lipinski definition) is 2. The van der Waals surface area contributed by atoms with Gasteiger partial charge in [-0.3, -0.25) is 4.79 Å². The standard InChI is InChI=1S/C11H20N2O/c1-8(2)6-10(13-7-14)11(12)9-4-3-5-9/h7-8,10H,3-6,12H2,1-2H3,(H,13,14)/t10-/m0/s1. The number of rotatable bonds is 5. The zero-order chi connectivity index (χ0) is 10.6. The molecule has 1 aliphatic carbocycles. The van der Waals surface area contributed by atoms with Gasteiger partial charge in [0.2, 0.25) is 6.41 Å². The SMILES string of the molecule is CC(C)C[C@H](NC=O)C(N)=C1CCC1. The van der Waals surface area contributed by atoms with Crippen molar-refractivity contribution in [2.24, 2.45) is 11.7 Å². The molecule has 3 nitrogen and oxygen atoms in total. The number of nitrogens with one attached hydrogen (secondary N) is 1. The summed E-state index contributed by atoms with van der Waals surface area (Å²) in [5.41, 5.74) is 8.25. The molecule has 80 valence electrons. The van der Waals surface area contributed by atoms with Crippen LogP contribution in [0.25, 0.3) is 0 Å². The van der Waals surface area contributed by atoms with Crippen molar-refractivity contribution in [1.82, 2.24) is 5.32 Å². The molecule has 0 bridgehead atoms. The van der Waals surface area contributed by atoms with Crippen molar-refractivity contribution in [3.8, 4) is 0 Å². The molecule has 0 saturated heterocycles. The number of carbonyl (C=O) groups is 1. The summed E-state index contributed by atoms with van der Waals surface area (Å²) in [5.74, 6) is 0.548. The van der Waals surface area contributed by atoms with Crippen molar-refractivity contribution in [2.75, 3.05) is 0 Å². The van der Waals surface area contributed by atoms with Crippen LogP contribution in [0, 0.1) is 5.92 Å². The maximum absolute atomic E-state index is 10.4. The van der Waals surface area contributed by atoms with Gasteiger partial charge in [-0.25, -0.2) is 0 Å². The summed E-state index contributed by atoms with van der Waals surface area (Å²) >= 11 is 0. The van der Waals surface area contributed by atoms with Crippen LogP contribution in [0.1, 0.15) is 39.5 Å². The van der Waals surface area contributed by atoms with Gasteiger partial charge in [-0.05, 0) is 37.2 Å². The second-order valence-corrected chi connectivity index (χ2v) is 4.38. The van der Waals surface area contributed by atoms with Crippen molar-refractivity contribution in [3.63, 3.8) is 0 Å². The van der Waals surface area contributed by atoms with Crippen LogP contribution in [0.3, 0.4) is 0 Å². The smallest absolute Gasteiger partial charge is 0.207 e. The van der Waals surface area contributed by atoms with Gasteiger partial charge in [0.25, 0.3) is 0 Å². The average molecular weight is 196 g/mol. The van der Waals surface area contributed by atoms with Gasteiger partial charge in [0, 0.05) is 5.70 Å². The molecule has 0 aromatic rings. The Bertz CT molecular complexity index is 227. The molecular weight excluding hydrogens is 176 g/mol. The molecule has 1 aliphatic rings. The van der Waals surface area contributed by atoms with Gasteiger partial charge in [-0.1, -0.05) is 13.8 Å². The highest BCUT2D eigenvalue weighted by Crippen LogP contribution is 2.29. The maximum Gasteiger partial charge on any atom is 0.207 e. The lowest BCUT2D eigenvalue weighted by atomic mass is 9.87. The van der Waals surface area contributed by atoms with E-state index in [2.05, 4.69) is 19.2 Å². The third-order valence-electron chi connectivity index (χ3n) is 2.72. The first kappa shape index (κ1) is 11.1. The van der Waals surface area contributed by atoms with Gasteiger partial charge < -0.3 is 11.1 Å². The third-order valence-corrected chi connectivity index (χ3v) is 2.72. The minimum atomic E-state index is 0.0443. The first-order valence-corrected chi connectivity index (χ1v) is 5.32. The van der Waals surface area contributed by atoms with Gasteiger partial charge in [-0.2, -0.15) is 0 Å². The molecule has 0 unspecified atom stereocenters. The highest BCUT2D eigenvalue weighted by molar-refractivity contribution is 5.48. The second-order valence-electron chi connectivity index (χ2n) is 4.38. The van der Waals surface area contributed by atoms with Crippen LogP contribution in [0.4, 0.5) is 0 Å². The Morgan fingerprint density at radius 2 is 2.21 bits per heavy atom. The van der Waals surface area contributed by atoms with E-state index in [0.717, 1.165) is 31.4 Å². The molecule has 1 amide bonds. The summed E-state index contributed by atoms with van der Waals surface area (Å²) in [7, 11) is 0. The predicted octanol–water partition coefficient (Wildman–Crippen LogP) is 1.54. The molecule has 0 aliphatic heterocycles. The van der Waals surface area contributed by atoms with Crippen LogP contribution in [0.5, 0.6) is 0 Å². The van der Waals surface area contributed by atoms with Crippen LogP contribution in [-0.4, -0.2) is 12.5 Å². The first-order valence-electron chi connectivity index (χ1n) is 5.32. The summed E-state index contributed by atoms with van der Waals surface area (Å²) in [6.07, 6.45) is 5.14. The quantitative estimate of drug-likeness (QED) is 0.655. The van der Waals surface area contributed by atoms with E-state index < -0.39 is 0 Å². The Morgan fingerprint density at radius 1 is 1.57 bits per heavy atom. The lowest BCUT2D eigenvalue weighted by Crippen LogP contribution is -2.36. The number of amides is 1. The van der Waals surface area contributed by atoms with E-state index in [4.69, 9.17) is 5.73 Å². The van der Waals surface area contributed by atoms with Crippen LogP contribution >= 0.6 is 0 Å². The molecule has 3 N–H and O–H groups in total. The summed E-state index contributed by atoms with van der Waals surface area (Å²) in [6.45, 7) is 4.27. The molecule has 1 rings (SSSR count). The topological polar surface area (TPSA) is 55.1 Å². The zero-order valence-electron chi connectivity index (χ0n) is 9.05. The van der Waals surface area contributed by atoms with Crippen molar-refractivity contribution >= 4 is 6.41 Å². The van der Waals surface area contributed by atoms with E-state index in [1.54, 1.807) is 0 Å². The van der Waals surface area contributed by atoms with E-state index in [9.17, 15) is 4.79 Å². The monoisotopic (exact) mass is 196 g/mol. The highest BCUT2D eigenvalue weighted by Gasteiger charge is 2.19. The lowest BCUT2D eigenvalue weighted by Gasteiger charge is -2.26. The van der Waals surface area contributed by atoms with Crippen molar-refractivity contribution < 1.29 is 4.79 Å². The molecule has 1 saturated carbocycles. The lowest BCUT2D eigenvalue weighted by molar-refractivity contribution is -0.110. The van der Waals surface area contributed by atoms with Gasteiger partial charge in [0.1, 0.15) is 0 Å². The Morgan fingerprint density at radius 3 is 2.57 bits per heavy atom. The molecule has 0 aromatic carbocycles. The van der Waals surface area contributed by atoms with Crippen molar-refractivity contribution in [1.29, 1.82) is 0 Å². The van der Waals surface area contributed by atoms with E-state index in [1.807, 2.05) is 0 Å².